The van der Waals surface area contributed by atoms with E-state index in [4.69, 9.17) is 17.3 Å². The third kappa shape index (κ3) is 4.70. The predicted molar refractivity (Wildman–Crippen MR) is 85.1 cm³/mol. The van der Waals surface area contributed by atoms with Crippen LogP contribution in [0, 0.1) is 5.82 Å². The number of nitrogens with two attached hydrogens (primary N) is 1. The van der Waals surface area contributed by atoms with E-state index in [0.29, 0.717) is 12.2 Å². The monoisotopic (exact) mass is 327 g/mol. The van der Waals surface area contributed by atoms with Crippen LogP contribution >= 0.6 is 22.9 Å². The van der Waals surface area contributed by atoms with Gasteiger partial charge in [0.1, 0.15) is 5.82 Å². The molecule has 0 radical (unpaired) electrons. The summed E-state index contributed by atoms with van der Waals surface area (Å²) in [4.78, 5) is 14.9. The number of thiophene rings is 1. The van der Waals surface area contributed by atoms with E-state index in [9.17, 15) is 9.18 Å². The number of amides is 1. The zero-order valence-electron chi connectivity index (χ0n) is 11.4. The number of nitrogens with zero attached hydrogens (tertiary/aromatic N) is 1. The molecule has 4 nitrogen and oxygen atoms in total. The molecule has 3 N–H and O–H groups in total. The van der Waals surface area contributed by atoms with E-state index in [1.165, 1.54) is 29.5 Å². The summed E-state index contributed by atoms with van der Waals surface area (Å²) in [5, 5.41) is 2.66. The minimum absolute atomic E-state index is 0.201. The average molecular weight is 328 g/mol. The van der Waals surface area contributed by atoms with E-state index >= 15 is 0 Å². The maximum absolute atomic E-state index is 12.9. The number of carbonyl (C=O) groups is 1. The number of likely N-dealkylation sites (N-methyl/N-ethyl adjacent to an activating group) is 1. The normalized spacial score (nSPS) is 10.9. The maximum atomic E-state index is 12.9. The average Bonchev–Trinajstić information content (AvgIpc) is 2.78. The number of anilines is 2. The van der Waals surface area contributed by atoms with Gasteiger partial charge in [0, 0.05) is 11.4 Å². The summed E-state index contributed by atoms with van der Waals surface area (Å²) in [5.41, 5.74) is 6.26. The van der Waals surface area contributed by atoms with Crippen molar-refractivity contribution >= 4 is 40.2 Å². The van der Waals surface area contributed by atoms with Crippen LogP contribution in [0.5, 0.6) is 0 Å². The van der Waals surface area contributed by atoms with Crippen LogP contribution in [-0.4, -0.2) is 24.4 Å². The first-order valence-electron chi connectivity index (χ1n) is 6.21. The van der Waals surface area contributed by atoms with Gasteiger partial charge in [0.25, 0.3) is 0 Å². The molecule has 0 aliphatic rings. The van der Waals surface area contributed by atoms with Crippen molar-refractivity contribution in [1.29, 1.82) is 0 Å². The Bertz CT molecular complexity index is 647. The Balaban J connectivity index is 1.89. The second-order valence-corrected chi connectivity index (χ2v) is 6.46. The number of nitrogen functional groups attached to an aromatic ring is 1. The number of benzene rings is 1. The molecule has 0 saturated heterocycles. The Labute approximate surface area is 131 Å². The molecular formula is C14H15ClFN3OS. The molecule has 0 spiro atoms. The molecule has 0 bridgehead atoms. The molecule has 7 heteroatoms. The fraction of sp³-hybridized carbons (Fsp3) is 0.214. The van der Waals surface area contributed by atoms with Gasteiger partial charge in [-0.1, -0.05) is 11.6 Å². The molecular weight excluding hydrogens is 313 g/mol. The van der Waals surface area contributed by atoms with Gasteiger partial charge >= 0.3 is 0 Å². The molecule has 0 unspecified atom stereocenters. The molecule has 1 aromatic carbocycles. The van der Waals surface area contributed by atoms with Crippen LogP contribution in [-0.2, 0) is 11.3 Å². The molecule has 112 valence electrons. The van der Waals surface area contributed by atoms with Gasteiger partial charge in [-0.2, -0.15) is 0 Å². The number of hydrogen-bond acceptors (Lipinski definition) is 4. The van der Waals surface area contributed by atoms with Crippen molar-refractivity contribution in [2.45, 2.75) is 6.54 Å². The van der Waals surface area contributed by atoms with Gasteiger partial charge in [0.2, 0.25) is 5.91 Å². The van der Waals surface area contributed by atoms with Crippen molar-refractivity contribution in [3.8, 4) is 0 Å². The Morgan fingerprint density at radius 2 is 2.19 bits per heavy atom. The Kier molecular flexibility index (Phi) is 5.17. The van der Waals surface area contributed by atoms with E-state index in [2.05, 4.69) is 5.32 Å². The van der Waals surface area contributed by atoms with E-state index in [0.717, 1.165) is 9.21 Å². The zero-order valence-corrected chi connectivity index (χ0v) is 13.0. The highest BCUT2D eigenvalue weighted by atomic mass is 35.5. The first kappa shape index (κ1) is 15.8. The van der Waals surface area contributed by atoms with Crippen molar-refractivity contribution in [3.05, 3.63) is 45.4 Å². The SMILES string of the molecule is CN(CC(=O)Nc1ccc(F)cc1N)Cc1ccc(Cl)s1. The van der Waals surface area contributed by atoms with Crippen LogP contribution in [0.3, 0.4) is 0 Å². The third-order valence-corrected chi connectivity index (χ3v) is 3.97. The van der Waals surface area contributed by atoms with Gasteiger partial charge in [-0.3, -0.25) is 9.69 Å². The molecule has 2 aromatic rings. The van der Waals surface area contributed by atoms with Crippen LogP contribution in [0.4, 0.5) is 15.8 Å². The molecule has 21 heavy (non-hydrogen) atoms. The van der Waals surface area contributed by atoms with Crippen LogP contribution in [0.15, 0.2) is 30.3 Å². The minimum atomic E-state index is -0.433. The van der Waals surface area contributed by atoms with Crippen LogP contribution in [0.1, 0.15) is 4.88 Å². The van der Waals surface area contributed by atoms with Gasteiger partial charge in [0.05, 0.1) is 22.3 Å². The summed E-state index contributed by atoms with van der Waals surface area (Å²) >= 11 is 7.34. The molecule has 0 atom stereocenters. The fourth-order valence-corrected chi connectivity index (χ4v) is 3.01. The molecule has 1 aromatic heterocycles. The molecule has 1 heterocycles. The largest absolute Gasteiger partial charge is 0.397 e. The lowest BCUT2D eigenvalue weighted by atomic mass is 10.2. The molecule has 0 saturated carbocycles. The van der Waals surface area contributed by atoms with Crippen molar-refractivity contribution in [3.63, 3.8) is 0 Å². The van der Waals surface area contributed by atoms with Crippen molar-refractivity contribution in [2.24, 2.45) is 0 Å². The number of rotatable bonds is 5. The van der Waals surface area contributed by atoms with Crippen LogP contribution in [0.2, 0.25) is 4.34 Å². The summed E-state index contributed by atoms with van der Waals surface area (Å²) in [6, 6.07) is 7.63. The highest BCUT2D eigenvalue weighted by molar-refractivity contribution is 7.16. The minimum Gasteiger partial charge on any atom is -0.397 e. The highest BCUT2D eigenvalue weighted by Gasteiger charge is 2.10. The summed E-state index contributed by atoms with van der Waals surface area (Å²) in [7, 11) is 1.83. The number of halogens is 2. The number of hydrogen-bond donors (Lipinski definition) is 2. The van der Waals surface area contributed by atoms with E-state index in [1.54, 1.807) is 0 Å². The number of nitrogens with one attached hydrogen (secondary N) is 1. The van der Waals surface area contributed by atoms with E-state index < -0.39 is 5.82 Å². The second kappa shape index (κ2) is 6.89. The molecule has 2 rings (SSSR count). The highest BCUT2D eigenvalue weighted by Crippen LogP contribution is 2.22. The number of carbonyl (C=O) groups excluding carboxylic acids is 1. The first-order chi connectivity index (χ1) is 9.94. The molecule has 0 aliphatic carbocycles. The van der Waals surface area contributed by atoms with Crippen molar-refractivity contribution in [1.82, 2.24) is 4.90 Å². The smallest absolute Gasteiger partial charge is 0.238 e. The van der Waals surface area contributed by atoms with Crippen molar-refractivity contribution in [2.75, 3.05) is 24.6 Å². The van der Waals surface area contributed by atoms with E-state index in [-0.39, 0.29) is 18.1 Å². The molecule has 0 aliphatic heterocycles. The van der Waals surface area contributed by atoms with Gasteiger partial charge in [-0.05, 0) is 37.4 Å². The summed E-state index contributed by atoms with van der Waals surface area (Å²) < 4.78 is 13.7. The lowest BCUT2D eigenvalue weighted by Crippen LogP contribution is -2.29. The first-order valence-corrected chi connectivity index (χ1v) is 7.41. The Hall–Kier alpha value is -1.63. The van der Waals surface area contributed by atoms with Crippen LogP contribution in [0.25, 0.3) is 0 Å². The van der Waals surface area contributed by atoms with Gasteiger partial charge in [0.15, 0.2) is 0 Å². The van der Waals surface area contributed by atoms with Crippen molar-refractivity contribution < 1.29 is 9.18 Å². The Morgan fingerprint density at radius 3 is 2.81 bits per heavy atom. The molecule has 1 amide bonds. The summed E-state index contributed by atoms with van der Waals surface area (Å²) in [6.07, 6.45) is 0. The summed E-state index contributed by atoms with van der Waals surface area (Å²) in [5.74, 6) is -0.643. The Morgan fingerprint density at radius 1 is 1.43 bits per heavy atom. The fourth-order valence-electron chi connectivity index (χ4n) is 1.84. The zero-order chi connectivity index (χ0) is 15.4. The van der Waals surface area contributed by atoms with Gasteiger partial charge in [-0.25, -0.2) is 4.39 Å². The van der Waals surface area contributed by atoms with Gasteiger partial charge < -0.3 is 11.1 Å². The standard InChI is InChI=1S/C14H15ClFN3OS/c1-19(7-10-3-5-13(15)21-10)8-14(20)18-12-4-2-9(16)6-11(12)17/h2-6H,7-8,17H2,1H3,(H,18,20). The van der Waals surface area contributed by atoms with Crippen LogP contribution < -0.4 is 11.1 Å². The lowest BCUT2D eigenvalue weighted by Gasteiger charge is -2.15. The van der Waals surface area contributed by atoms with E-state index in [1.807, 2.05) is 24.1 Å². The second-order valence-electron chi connectivity index (χ2n) is 4.66. The maximum Gasteiger partial charge on any atom is 0.238 e. The van der Waals surface area contributed by atoms with Gasteiger partial charge in [-0.15, -0.1) is 11.3 Å². The topological polar surface area (TPSA) is 58.4 Å². The third-order valence-electron chi connectivity index (χ3n) is 2.76. The lowest BCUT2D eigenvalue weighted by molar-refractivity contribution is -0.117. The quantitative estimate of drug-likeness (QED) is 0.829. The predicted octanol–water partition coefficient (Wildman–Crippen LogP) is 3.19. The molecule has 0 fully saturated rings. The summed E-state index contributed by atoms with van der Waals surface area (Å²) in [6.45, 7) is 0.829.